The Kier molecular flexibility index (Phi) is 3.89. The molecule has 1 aliphatic rings. The molecule has 0 aromatic heterocycles. The molecule has 0 saturated carbocycles. The van der Waals surface area contributed by atoms with Gasteiger partial charge in [-0.2, -0.15) is 0 Å². The van der Waals surface area contributed by atoms with Crippen LogP contribution < -0.4 is 0 Å². The fraction of sp³-hybridized carbons (Fsp3) is 0.500. The zero-order valence-corrected chi connectivity index (χ0v) is 10.1. The van der Waals surface area contributed by atoms with Gasteiger partial charge in [0.15, 0.2) is 0 Å². The van der Waals surface area contributed by atoms with E-state index in [1.807, 2.05) is 0 Å². The molecule has 1 atom stereocenters. The molecular weight excluding hydrogens is 217 g/mol. The lowest BCUT2D eigenvalue weighted by Crippen LogP contribution is -2.33. The number of piperidine rings is 1. The van der Waals surface area contributed by atoms with E-state index in [1.165, 1.54) is 12.1 Å². The summed E-state index contributed by atoms with van der Waals surface area (Å²) < 4.78 is 12.9. The van der Waals surface area contributed by atoms with Gasteiger partial charge in [-0.05, 0) is 56.6 Å². The number of rotatable bonds is 3. The second-order valence-electron chi connectivity index (χ2n) is 4.85. The van der Waals surface area contributed by atoms with E-state index >= 15 is 0 Å². The molecule has 1 unspecified atom stereocenters. The molecule has 0 bridgehead atoms. The molecule has 0 N–H and O–H groups in total. The van der Waals surface area contributed by atoms with Gasteiger partial charge in [0.05, 0.1) is 0 Å². The molecule has 0 spiro atoms. The summed E-state index contributed by atoms with van der Waals surface area (Å²) in [5, 5.41) is 0. The molecular formula is C14H18FNO. The van der Waals surface area contributed by atoms with Gasteiger partial charge in [-0.3, -0.25) is 0 Å². The summed E-state index contributed by atoms with van der Waals surface area (Å²) in [4.78, 5) is 13.5. The second-order valence-corrected chi connectivity index (χ2v) is 4.85. The summed E-state index contributed by atoms with van der Waals surface area (Å²) in [6, 6.07) is 6.32. The number of halogens is 1. The van der Waals surface area contributed by atoms with Crippen molar-refractivity contribution < 1.29 is 9.18 Å². The molecule has 2 nitrogen and oxygen atoms in total. The smallest absolute Gasteiger partial charge is 0.127 e. The molecule has 1 fully saturated rings. The number of likely N-dealkylation sites (tertiary alicyclic amines) is 1. The van der Waals surface area contributed by atoms with Crippen LogP contribution in [0.1, 0.15) is 24.3 Å². The third-order valence-corrected chi connectivity index (χ3v) is 3.67. The fourth-order valence-electron chi connectivity index (χ4n) is 2.53. The zero-order valence-electron chi connectivity index (χ0n) is 10.1. The highest BCUT2D eigenvalue weighted by Gasteiger charge is 2.26. The van der Waals surface area contributed by atoms with Gasteiger partial charge >= 0.3 is 0 Å². The monoisotopic (exact) mass is 235 g/mol. The molecule has 17 heavy (non-hydrogen) atoms. The first kappa shape index (κ1) is 12.2. The zero-order chi connectivity index (χ0) is 12.3. The molecule has 1 saturated heterocycles. The van der Waals surface area contributed by atoms with Crippen LogP contribution in [0.15, 0.2) is 24.3 Å². The highest BCUT2D eigenvalue weighted by atomic mass is 19.1. The molecule has 0 radical (unpaired) electrons. The molecule has 1 heterocycles. The number of carbonyl (C=O) groups excluding carboxylic acids is 1. The lowest BCUT2D eigenvalue weighted by Gasteiger charge is -2.32. The van der Waals surface area contributed by atoms with Crippen LogP contribution in [0.4, 0.5) is 4.39 Å². The Morgan fingerprint density at radius 3 is 2.41 bits per heavy atom. The molecule has 1 aromatic rings. The summed E-state index contributed by atoms with van der Waals surface area (Å²) in [5.74, 6) is 0.0697. The van der Waals surface area contributed by atoms with E-state index in [9.17, 15) is 9.18 Å². The maximum atomic E-state index is 12.9. The number of benzene rings is 1. The lowest BCUT2D eigenvalue weighted by atomic mass is 9.81. The summed E-state index contributed by atoms with van der Waals surface area (Å²) in [6.45, 7) is 2.08. The van der Waals surface area contributed by atoms with Crippen molar-refractivity contribution in [1.29, 1.82) is 0 Å². The second kappa shape index (κ2) is 5.41. The van der Waals surface area contributed by atoms with Crippen molar-refractivity contribution in [3.63, 3.8) is 0 Å². The third-order valence-electron chi connectivity index (χ3n) is 3.67. The summed E-state index contributed by atoms with van der Waals surface area (Å²) in [5.41, 5.74) is 0.941. The van der Waals surface area contributed by atoms with Crippen molar-refractivity contribution >= 4 is 6.29 Å². The Morgan fingerprint density at radius 2 is 1.88 bits per heavy atom. The predicted molar refractivity (Wildman–Crippen MR) is 65.4 cm³/mol. The minimum absolute atomic E-state index is 0.0794. The highest BCUT2D eigenvalue weighted by Crippen LogP contribution is 2.30. The summed E-state index contributed by atoms with van der Waals surface area (Å²) in [7, 11) is 2.10. The van der Waals surface area contributed by atoms with Crippen molar-refractivity contribution in [2.75, 3.05) is 20.1 Å². The molecule has 0 amide bonds. The van der Waals surface area contributed by atoms with Crippen LogP contribution in [0.25, 0.3) is 0 Å². The van der Waals surface area contributed by atoms with E-state index in [4.69, 9.17) is 0 Å². The van der Waals surface area contributed by atoms with Crippen molar-refractivity contribution in [2.45, 2.75) is 18.8 Å². The minimum Gasteiger partial charge on any atom is -0.306 e. The van der Waals surface area contributed by atoms with Crippen molar-refractivity contribution in [3.8, 4) is 0 Å². The van der Waals surface area contributed by atoms with Crippen LogP contribution >= 0.6 is 0 Å². The first-order valence-corrected chi connectivity index (χ1v) is 6.10. The van der Waals surface area contributed by atoms with E-state index < -0.39 is 0 Å². The van der Waals surface area contributed by atoms with E-state index in [0.29, 0.717) is 5.92 Å². The Balaban J connectivity index is 2.10. The quantitative estimate of drug-likeness (QED) is 0.750. The number of hydrogen-bond acceptors (Lipinski definition) is 2. The molecule has 1 aliphatic heterocycles. The van der Waals surface area contributed by atoms with E-state index in [-0.39, 0.29) is 11.7 Å². The van der Waals surface area contributed by atoms with Gasteiger partial charge in [0, 0.05) is 5.92 Å². The van der Waals surface area contributed by atoms with Gasteiger partial charge in [-0.25, -0.2) is 4.39 Å². The number of aldehydes is 1. The van der Waals surface area contributed by atoms with E-state index in [2.05, 4.69) is 11.9 Å². The van der Waals surface area contributed by atoms with Crippen LogP contribution in [0.2, 0.25) is 0 Å². The van der Waals surface area contributed by atoms with E-state index in [1.54, 1.807) is 12.1 Å². The largest absolute Gasteiger partial charge is 0.306 e. The summed E-state index contributed by atoms with van der Waals surface area (Å²) >= 11 is 0. The van der Waals surface area contributed by atoms with Gasteiger partial charge in [0.2, 0.25) is 0 Å². The fourth-order valence-corrected chi connectivity index (χ4v) is 2.53. The Bertz CT molecular complexity index is 368. The van der Waals surface area contributed by atoms with Gasteiger partial charge in [-0.1, -0.05) is 12.1 Å². The maximum absolute atomic E-state index is 12.9. The Hall–Kier alpha value is -1.22. The molecule has 3 heteroatoms. The van der Waals surface area contributed by atoms with Crippen molar-refractivity contribution in [3.05, 3.63) is 35.6 Å². The van der Waals surface area contributed by atoms with Gasteiger partial charge in [0.25, 0.3) is 0 Å². The van der Waals surface area contributed by atoms with Crippen LogP contribution in [-0.4, -0.2) is 31.3 Å². The predicted octanol–water partition coefficient (Wildman–Crippen LogP) is 2.45. The first-order chi connectivity index (χ1) is 8.20. The standard InChI is InChI=1S/C14H18FNO/c1-16-8-6-12(7-9-16)14(10-17)11-2-4-13(15)5-3-11/h2-5,10,12,14H,6-9H2,1H3. The van der Waals surface area contributed by atoms with Crippen LogP contribution in [0, 0.1) is 11.7 Å². The van der Waals surface area contributed by atoms with Crippen molar-refractivity contribution in [2.24, 2.45) is 5.92 Å². The molecule has 92 valence electrons. The first-order valence-electron chi connectivity index (χ1n) is 6.10. The maximum Gasteiger partial charge on any atom is 0.127 e. The number of nitrogens with zero attached hydrogens (tertiary/aromatic N) is 1. The molecule has 0 aliphatic carbocycles. The lowest BCUT2D eigenvalue weighted by molar-refractivity contribution is -0.110. The average molecular weight is 235 g/mol. The topological polar surface area (TPSA) is 20.3 Å². The Morgan fingerprint density at radius 1 is 1.29 bits per heavy atom. The Labute approximate surface area is 101 Å². The van der Waals surface area contributed by atoms with E-state index in [0.717, 1.165) is 37.8 Å². The normalized spacial score (nSPS) is 20.1. The van der Waals surface area contributed by atoms with Crippen molar-refractivity contribution in [1.82, 2.24) is 4.90 Å². The van der Waals surface area contributed by atoms with Gasteiger partial charge in [0.1, 0.15) is 12.1 Å². The molecule has 1 aromatic carbocycles. The van der Waals surface area contributed by atoms with Crippen LogP contribution in [0.3, 0.4) is 0 Å². The highest BCUT2D eigenvalue weighted by molar-refractivity contribution is 5.62. The average Bonchev–Trinajstić information content (AvgIpc) is 2.35. The molecule has 2 rings (SSSR count). The summed E-state index contributed by atoms with van der Waals surface area (Å²) in [6.07, 6.45) is 3.10. The number of carbonyl (C=O) groups is 1. The number of hydrogen-bond donors (Lipinski definition) is 0. The van der Waals surface area contributed by atoms with Gasteiger partial charge < -0.3 is 9.69 Å². The third kappa shape index (κ3) is 2.91. The minimum atomic E-state index is -0.248. The van der Waals surface area contributed by atoms with Crippen LogP contribution in [0.5, 0.6) is 0 Å². The van der Waals surface area contributed by atoms with Gasteiger partial charge in [-0.15, -0.1) is 0 Å². The van der Waals surface area contributed by atoms with Crippen LogP contribution in [-0.2, 0) is 4.79 Å². The SMILES string of the molecule is CN1CCC(C(C=O)c2ccc(F)cc2)CC1.